The van der Waals surface area contributed by atoms with Crippen molar-refractivity contribution in [3.63, 3.8) is 0 Å². The summed E-state index contributed by atoms with van der Waals surface area (Å²) in [6, 6.07) is 14.8. The van der Waals surface area contributed by atoms with Gasteiger partial charge in [-0.3, -0.25) is 9.88 Å². The zero-order chi connectivity index (χ0) is 18.5. The molecule has 2 aliphatic rings. The Hall–Kier alpha value is -2.40. The van der Waals surface area contributed by atoms with E-state index >= 15 is 0 Å². The standard InChI is InChI=1S/C22H28N4O/c27-22(26-16-4-15-25-14-3-6-21(25)17-26)24-20-11-8-18(9-12-20)7-10-19-5-1-2-13-23-19/h1-2,5,8-9,11-13,21H,3-4,6-7,10,14-17H2,(H,24,27)/t21-/m0/s1. The number of anilines is 1. The number of aromatic nitrogens is 1. The maximum atomic E-state index is 12.7. The Labute approximate surface area is 161 Å². The molecule has 2 aromatic rings. The van der Waals surface area contributed by atoms with Crippen molar-refractivity contribution < 1.29 is 4.79 Å². The number of hydrogen-bond acceptors (Lipinski definition) is 3. The normalized spacial score (nSPS) is 20.1. The summed E-state index contributed by atoms with van der Waals surface area (Å²) < 4.78 is 0. The average Bonchev–Trinajstić information content (AvgIpc) is 3.04. The maximum Gasteiger partial charge on any atom is 0.321 e. The van der Waals surface area contributed by atoms with Crippen molar-refractivity contribution in [3.8, 4) is 0 Å². The minimum Gasteiger partial charge on any atom is -0.323 e. The largest absolute Gasteiger partial charge is 0.323 e. The third kappa shape index (κ3) is 4.66. The van der Waals surface area contributed by atoms with Gasteiger partial charge in [-0.2, -0.15) is 0 Å². The van der Waals surface area contributed by atoms with Gasteiger partial charge in [0.05, 0.1) is 0 Å². The van der Waals surface area contributed by atoms with Gasteiger partial charge in [-0.05, 0) is 68.5 Å². The van der Waals surface area contributed by atoms with Gasteiger partial charge >= 0.3 is 6.03 Å². The third-order valence-corrected chi connectivity index (χ3v) is 5.69. The summed E-state index contributed by atoms with van der Waals surface area (Å²) in [5.74, 6) is 0. The molecule has 2 amide bonds. The minimum atomic E-state index is 0.0324. The number of pyridine rings is 1. The van der Waals surface area contributed by atoms with Gasteiger partial charge in [0, 0.05) is 43.3 Å². The first kappa shape index (κ1) is 18.0. The van der Waals surface area contributed by atoms with Gasteiger partial charge in [0.1, 0.15) is 0 Å². The maximum absolute atomic E-state index is 12.7. The van der Waals surface area contributed by atoms with Crippen molar-refractivity contribution in [1.29, 1.82) is 0 Å². The molecule has 1 atom stereocenters. The summed E-state index contributed by atoms with van der Waals surface area (Å²) in [5.41, 5.74) is 3.24. The Bertz CT molecular complexity index is 747. The predicted octanol–water partition coefficient (Wildman–Crippen LogP) is 3.57. The predicted molar refractivity (Wildman–Crippen MR) is 108 cm³/mol. The molecule has 0 saturated carbocycles. The molecule has 0 bridgehead atoms. The van der Waals surface area contributed by atoms with Crippen LogP contribution in [0.2, 0.25) is 0 Å². The first-order valence-corrected chi connectivity index (χ1v) is 10.1. The minimum absolute atomic E-state index is 0.0324. The second-order valence-corrected chi connectivity index (χ2v) is 7.58. The van der Waals surface area contributed by atoms with E-state index in [0.29, 0.717) is 6.04 Å². The van der Waals surface area contributed by atoms with Gasteiger partial charge in [0.15, 0.2) is 0 Å². The van der Waals surface area contributed by atoms with Crippen LogP contribution in [0.15, 0.2) is 48.7 Å². The molecule has 2 aliphatic heterocycles. The number of hydrogen-bond donors (Lipinski definition) is 1. The number of amides is 2. The Morgan fingerprint density at radius 3 is 2.70 bits per heavy atom. The molecule has 0 radical (unpaired) electrons. The molecule has 4 rings (SSSR count). The van der Waals surface area contributed by atoms with Crippen molar-refractivity contribution in [2.75, 3.05) is 31.5 Å². The highest BCUT2D eigenvalue weighted by molar-refractivity contribution is 5.89. The van der Waals surface area contributed by atoms with E-state index in [9.17, 15) is 4.79 Å². The van der Waals surface area contributed by atoms with Crippen molar-refractivity contribution in [3.05, 3.63) is 59.9 Å². The van der Waals surface area contributed by atoms with E-state index in [4.69, 9.17) is 0 Å². The second kappa shape index (κ2) is 8.53. The number of carbonyl (C=O) groups excluding carboxylic acids is 1. The highest BCUT2D eigenvalue weighted by atomic mass is 16.2. The van der Waals surface area contributed by atoms with E-state index in [1.165, 1.54) is 24.9 Å². The lowest BCUT2D eigenvalue weighted by Crippen LogP contribution is -2.41. The van der Waals surface area contributed by atoms with Crippen LogP contribution in [0.5, 0.6) is 0 Å². The van der Waals surface area contributed by atoms with E-state index in [1.54, 1.807) is 0 Å². The van der Waals surface area contributed by atoms with Crippen LogP contribution in [0.25, 0.3) is 0 Å². The van der Waals surface area contributed by atoms with Crippen molar-refractivity contribution in [1.82, 2.24) is 14.8 Å². The number of aryl methyl sites for hydroxylation is 2. The molecule has 2 saturated heterocycles. The quantitative estimate of drug-likeness (QED) is 0.902. The number of rotatable bonds is 4. The monoisotopic (exact) mass is 364 g/mol. The zero-order valence-electron chi connectivity index (χ0n) is 15.8. The fourth-order valence-corrected chi connectivity index (χ4v) is 4.17. The van der Waals surface area contributed by atoms with Gasteiger partial charge in [0.25, 0.3) is 0 Å². The number of nitrogens with one attached hydrogen (secondary N) is 1. The first-order valence-electron chi connectivity index (χ1n) is 10.1. The van der Waals surface area contributed by atoms with E-state index < -0.39 is 0 Å². The molecule has 0 unspecified atom stereocenters. The van der Waals surface area contributed by atoms with Gasteiger partial charge in [-0.1, -0.05) is 18.2 Å². The lowest BCUT2D eigenvalue weighted by atomic mass is 10.1. The average molecular weight is 364 g/mol. The summed E-state index contributed by atoms with van der Waals surface area (Å²) >= 11 is 0. The number of nitrogens with zero attached hydrogens (tertiary/aromatic N) is 3. The third-order valence-electron chi connectivity index (χ3n) is 5.69. The highest BCUT2D eigenvalue weighted by Crippen LogP contribution is 2.22. The molecule has 1 N–H and O–H groups in total. The van der Waals surface area contributed by atoms with Crippen LogP contribution >= 0.6 is 0 Å². The topological polar surface area (TPSA) is 48.5 Å². The smallest absolute Gasteiger partial charge is 0.321 e. The first-order chi connectivity index (χ1) is 13.3. The van der Waals surface area contributed by atoms with Gasteiger partial charge < -0.3 is 10.2 Å². The number of carbonyl (C=O) groups is 1. The van der Waals surface area contributed by atoms with E-state index in [1.807, 2.05) is 35.4 Å². The fraction of sp³-hybridized carbons (Fsp3) is 0.455. The van der Waals surface area contributed by atoms with Crippen LogP contribution in [-0.4, -0.2) is 53.0 Å². The van der Waals surface area contributed by atoms with E-state index in [-0.39, 0.29) is 6.03 Å². The molecule has 1 aromatic carbocycles. The Morgan fingerprint density at radius 1 is 1.04 bits per heavy atom. The number of urea groups is 1. The van der Waals surface area contributed by atoms with Crippen LogP contribution in [0.1, 0.15) is 30.5 Å². The van der Waals surface area contributed by atoms with Gasteiger partial charge in [0.2, 0.25) is 0 Å². The number of benzene rings is 1. The van der Waals surface area contributed by atoms with Crippen LogP contribution in [-0.2, 0) is 12.8 Å². The zero-order valence-corrected chi connectivity index (χ0v) is 15.8. The SMILES string of the molecule is O=C(Nc1ccc(CCc2ccccn2)cc1)N1CCCN2CCC[C@H]2C1. The molecular formula is C22H28N4O. The van der Waals surface area contributed by atoms with Crippen molar-refractivity contribution in [2.45, 2.75) is 38.1 Å². The molecule has 27 heavy (non-hydrogen) atoms. The van der Waals surface area contributed by atoms with E-state index in [2.05, 4.69) is 33.4 Å². The molecule has 5 heteroatoms. The van der Waals surface area contributed by atoms with Crippen LogP contribution in [0, 0.1) is 0 Å². The molecule has 2 fully saturated rings. The molecule has 0 aliphatic carbocycles. The molecule has 0 spiro atoms. The Balaban J connectivity index is 1.30. The Kier molecular flexibility index (Phi) is 5.68. The van der Waals surface area contributed by atoms with Crippen LogP contribution in [0.3, 0.4) is 0 Å². The molecule has 142 valence electrons. The summed E-state index contributed by atoms with van der Waals surface area (Å²) in [6.07, 6.45) is 7.26. The highest BCUT2D eigenvalue weighted by Gasteiger charge is 2.30. The Morgan fingerprint density at radius 2 is 1.89 bits per heavy atom. The van der Waals surface area contributed by atoms with Crippen LogP contribution < -0.4 is 5.32 Å². The molecule has 5 nitrogen and oxygen atoms in total. The molecule has 1 aromatic heterocycles. The van der Waals surface area contributed by atoms with Crippen molar-refractivity contribution in [2.24, 2.45) is 0 Å². The second-order valence-electron chi connectivity index (χ2n) is 7.58. The van der Waals surface area contributed by atoms with Gasteiger partial charge in [-0.15, -0.1) is 0 Å². The summed E-state index contributed by atoms with van der Waals surface area (Å²) in [7, 11) is 0. The summed E-state index contributed by atoms with van der Waals surface area (Å²) in [6.45, 7) is 4.02. The van der Waals surface area contributed by atoms with E-state index in [0.717, 1.165) is 50.3 Å². The molecular weight excluding hydrogens is 336 g/mol. The molecule has 3 heterocycles. The summed E-state index contributed by atoms with van der Waals surface area (Å²) in [4.78, 5) is 21.6. The fourth-order valence-electron chi connectivity index (χ4n) is 4.17. The number of fused-ring (bicyclic) bond motifs is 1. The lowest BCUT2D eigenvalue weighted by molar-refractivity contribution is 0.200. The summed E-state index contributed by atoms with van der Waals surface area (Å²) in [5, 5.41) is 3.08. The van der Waals surface area contributed by atoms with Crippen LogP contribution in [0.4, 0.5) is 10.5 Å². The van der Waals surface area contributed by atoms with Crippen molar-refractivity contribution >= 4 is 11.7 Å². The lowest BCUT2D eigenvalue weighted by Gasteiger charge is -2.25. The van der Waals surface area contributed by atoms with Gasteiger partial charge in [-0.25, -0.2) is 4.79 Å².